The molecule has 70 valence electrons. The van der Waals surface area contributed by atoms with Crippen LogP contribution in [0.1, 0.15) is 33.1 Å². The van der Waals surface area contributed by atoms with Crippen LogP contribution < -0.4 is 0 Å². The summed E-state index contributed by atoms with van der Waals surface area (Å²) < 4.78 is 0. The van der Waals surface area contributed by atoms with E-state index < -0.39 is 0 Å². The Hall–Kier alpha value is -0.300. The maximum atomic E-state index is 4.09. The number of allylic oxidation sites excluding steroid dienone is 1. The van der Waals surface area contributed by atoms with Gasteiger partial charge in [0.15, 0.2) is 0 Å². The monoisotopic (exact) mass is 167 g/mol. The van der Waals surface area contributed by atoms with Crippen molar-refractivity contribution in [3.05, 3.63) is 12.2 Å². The fourth-order valence-corrected chi connectivity index (χ4v) is 2.14. The first-order chi connectivity index (χ1) is 5.56. The molecule has 1 fully saturated rings. The van der Waals surface area contributed by atoms with Crippen molar-refractivity contribution in [1.29, 1.82) is 0 Å². The molecule has 1 rings (SSSR count). The minimum atomic E-state index is 0.516. The van der Waals surface area contributed by atoms with Crippen LogP contribution in [-0.2, 0) is 0 Å². The summed E-state index contributed by atoms with van der Waals surface area (Å²) in [7, 11) is 2.21. The average molecular weight is 167 g/mol. The topological polar surface area (TPSA) is 3.24 Å². The molecule has 1 unspecified atom stereocenters. The molecule has 12 heavy (non-hydrogen) atoms. The Morgan fingerprint density at radius 3 is 2.67 bits per heavy atom. The molecule has 1 atom stereocenters. The summed E-state index contributed by atoms with van der Waals surface area (Å²) in [6.07, 6.45) is 3.69. The van der Waals surface area contributed by atoms with E-state index in [1.165, 1.54) is 31.5 Å². The molecule has 1 saturated heterocycles. The second kappa shape index (κ2) is 3.61. The predicted molar refractivity (Wildman–Crippen MR) is 54.3 cm³/mol. The van der Waals surface area contributed by atoms with Crippen LogP contribution in [0.2, 0.25) is 0 Å². The van der Waals surface area contributed by atoms with Gasteiger partial charge < -0.3 is 4.90 Å². The third-order valence-corrected chi connectivity index (χ3v) is 2.93. The molecule has 0 aliphatic carbocycles. The molecule has 0 aromatic rings. The molecule has 0 aromatic heterocycles. The van der Waals surface area contributed by atoms with E-state index in [2.05, 4.69) is 32.4 Å². The minimum Gasteiger partial charge on any atom is -0.306 e. The largest absolute Gasteiger partial charge is 0.306 e. The van der Waals surface area contributed by atoms with Crippen molar-refractivity contribution in [3.63, 3.8) is 0 Å². The molecule has 0 spiro atoms. The fraction of sp³-hybridized carbons (Fsp3) is 0.818. The Kier molecular flexibility index (Phi) is 2.94. The zero-order valence-electron chi connectivity index (χ0n) is 8.69. The van der Waals surface area contributed by atoms with Crippen LogP contribution >= 0.6 is 0 Å². The Balaban J connectivity index is 2.45. The lowest BCUT2D eigenvalue weighted by molar-refractivity contribution is 0.306. The zero-order chi connectivity index (χ0) is 9.19. The number of hydrogen-bond acceptors (Lipinski definition) is 1. The van der Waals surface area contributed by atoms with E-state index >= 15 is 0 Å². The molecular formula is C11H21N. The first-order valence-corrected chi connectivity index (χ1v) is 4.91. The van der Waals surface area contributed by atoms with Crippen LogP contribution in [0.4, 0.5) is 0 Å². The molecule has 0 amide bonds. The third-order valence-electron chi connectivity index (χ3n) is 2.93. The van der Waals surface area contributed by atoms with Crippen LogP contribution in [0, 0.1) is 5.41 Å². The van der Waals surface area contributed by atoms with Gasteiger partial charge in [0.05, 0.1) is 0 Å². The van der Waals surface area contributed by atoms with Gasteiger partial charge in [-0.2, -0.15) is 0 Å². The summed E-state index contributed by atoms with van der Waals surface area (Å²) in [5.41, 5.74) is 1.93. The van der Waals surface area contributed by atoms with Gasteiger partial charge in [0, 0.05) is 6.54 Å². The molecule has 1 nitrogen and oxygen atoms in total. The normalized spacial score (nSPS) is 30.9. The first kappa shape index (κ1) is 9.79. The van der Waals surface area contributed by atoms with Crippen LogP contribution in [0.5, 0.6) is 0 Å². The lowest BCUT2D eigenvalue weighted by atomic mass is 9.82. The molecule has 0 aromatic carbocycles. The standard InChI is InChI=1S/C11H21N/c1-5-10(2)8-11(3)6-7-12(4)9-11/h2,5-9H2,1,3-4H3. The van der Waals surface area contributed by atoms with Gasteiger partial charge in [-0.05, 0) is 38.3 Å². The molecule has 1 aliphatic heterocycles. The average Bonchev–Trinajstić information content (AvgIpc) is 2.30. The van der Waals surface area contributed by atoms with Crippen LogP contribution in [0.25, 0.3) is 0 Å². The number of rotatable bonds is 3. The second-order valence-electron chi connectivity index (χ2n) is 4.58. The van der Waals surface area contributed by atoms with Gasteiger partial charge in [-0.25, -0.2) is 0 Å². The van der Waals surface area contributed by atoms with Gasteiger partial charge in [0.1, 0.15) is 0 Å². The van der Waals surface area contributed by atoms with Gasteiger partial charge in [-0.3, -0.25) is 0 Å². The Morgan fingerprint density at radius 1 is 1.58 bits per heavy atom. The van der Waals surface area contributed by atoms with E-state index in [4.69, 9.17) is 0 Å². The molecule has 0 N–H and O–H groups in total. The van der Waals surface area contributed by atoms with E-state index in [0.29, 0.717) is 5.41 Å². The van der Waals surface area contributed by atoms with E-state index in [-0.39, 0.29) is 0 Å². The van der Waals surface area contributed by atoms with Crippen molar-refractivity contribution in [2.24, 2.45) is 5.41 Å². The summed E-state index contributed by atoms with van der Waals surface area (Å²) in [6.45, 7) is 11.2. The maximum Gasteiger partial charge on any atom is 0.00358 e. The minimum absolute atomic E-state index is 0.516. The molecule has 1 heterocycles. The van der Waals surface area contributed by atoms with E-state index in [1.807, 2.05) is 0 Å². The Morgan fingerprint density at radius 2 is 2.25 bits per heavy atom. The number of likely N-dealkylation sites (tertiary alicyclic amines) is 1. The number of hydrogen-bond donors (Lipinski definition) is 0. The maximum absolute atomic E-state index is 4.09. The molecular weight excluding hydrogens is 146 g/mol. The van der Waals surface area contributed by atoms with Crippen molar-refractivity contribution in [2.75, 3.05) is 20.1 Å². The lowest BCUT2D eigenvalue weighted by Crippen LogP contribution is -2.22. The van der Waals surface area contributed by atoms with Gasteiger partial charge in [-0.1, -0.05) is 26.0 Å². The Labute approximate surface area is 76.5 Å². The van der Waals surface area contributed by atoms with Crippen LogP contribution in [-0.4, -0.2) is 25.0 Å². The number of nitrogens with zero attached hydrogens (tertiary/aromatic N) is 1. The Bertz CT molecular complexity index is 174. The van der Waals surface area contributed by atoms with E-state index in [9.17, 15) is 0 Å². The second-order valence-corrected chi connectivity index (χ2v) is 4.58. The van der Waals surface area contributed by atoms with Crippen molar-refractivity contribution in [3.8, 4) is 0 Å². The zero-order valence-corrected chi connectivity index (χ0v) is 8.69. The molecule has 0 radical (unpaired) electrons. The summed E-state index contributed by atoms with van der Waals surface area (Å²) >= 11 is 0. The van der Waals surface area contributed by atoms with Gasteiger partial charge in [-0.15, -0.1) is 0 Å². The van der Waals surface area contributed by atoms with Crippen molar-refractivity contribution in [1.82, 2.24) is 4.90 Å². The lowest BCUT2D eigenvalue weighted by Gasteiger charge is -2.24. The summed E-state index contributed by atoms with van der Waals surface area (Å²) in [5.74, 6) is 0. The van der Waals surface area contributed by atoms with Gasteiger partial charge >= 0.3 is 0 Å². The SMILES string of the molecule is C=C(CC)CC1(C)CCN(C)C1. The predicted octanol–water partition coefficient (Wildman–Crippen LogP) is 2.68. The molecule has 0 saturated carbocycles. The van der Waals surface area contributed by atoms with Gasteiger partial charge in [0.25, 0.3) is 0 Å². The quantitative estimate of drug-likeness (QED) is 0.584. The smallest absolute Gasteiger partial charge is 0.00358 e. The highest BCUT2D eigenvalue weighted by Crippen LogP contribution is 2.35. The third kappa shape index (κ3) is 2.34. The summed E-state index contributed by atoms with van der Waals surface area (Å²) in [6, 6.07) is 0. The molecule has 1 heteroatoms. The van der Waals surface area contributed by atoms with E-state index in [0.717, 1.165) is 6.42 Å². The van der Waals surface area contributed by atoms with Crippen LogP contribution in [0.15, 0.2) is 12.2 Å². The van der Waals surface area contributed by atoms with Crippen LogP contribution in [0.3, 0.4) is 0 Å². The highest BCUT2D eigenvalue weighted by Gasteiger charge is 2.31. The van der Waals surface area contributed by atoms with Gasteiger partial charge in [0.2, 0.25) is 0 Å². The van der Waals surface area contributed by atoms with Crippen molar-refractivity contribution >= 4 is 0 Å². The highest BCUT2D eigenvalue weighted by molar-refractivity contribution is 5.01. The fourth-order valence-electron chi connectivity index (χ4n) is 2.14. The molecule has 0 bridgehead atoms. The van der Waals surface area contributed by atoms with Crippen molar-refractivity contribution in [2.45, 2.75) is 33.1 Å². The highest BCUT2D eigenvalue weighted by atomic mass is 15.1. The van der Waals surface area contributed by atoms with E-state index in [1.54, 1.807) is 0 Å². The summed E-state index contributed by atoms with van der Waals surface area (Å²) in [4.78, 5) is 2.42. The summed E-state index contributed by atoms with van der Waals surface area (Å²) in [5, 5.41) is 0. The molecule has 1 aliphatic rings. The first-order valence-electron chi connectivity index (χ1n) is 4.91. The van der Waals surface area contributed by atoms with Crippen molar-refractivity contribution < 1.29 is 0 Å².